The van der Waals surface area contributed by atoms with Crippen LogP contribution in [0.15, 0.2) is 0 Å². The molecule has 0 bridgehead atoms. The standard InChI is InChI=1S/C84H126N12O14/c1-12-57(77(102)109-47-56(11)70(84(78(103)104)19-17-18-20-84)95-64-43-81(25-33-107-34-26-81)50-87-73(99)68(64)60(15-4)91-95)40-83(37-53(8)45-93-62-41-79(21-29-105-30-22-79)48-85-71(97)66(62)58(13-2)89-93,38-54(9)46-94-63-42-80(23-31-106-32-24-80)49-86-72(98)67(63)59(14-3)90-94)39-55(10)75(110-76(101)52(6)7)96-65-44-82(27-35-108-36-28-82)51-88-74(100)69(65)61(16-5)92-96/h52-57,70,75H,12-51H2,1-11H3,(H,85,97)(H,86,98)(H,87,99)(H,88,100)(H,103,104)/t53-,54-,55-,56+,57?,70?,75?/m1/s1. The molecule has 5 fully saturated rings. The fourth-order valence-electron chi connectivity index (χ4n) is 21.5. The summed E-state index contributed by atoms with van der Waals surface area (Å²) in [5.74, 6) is -5.12. The molecule has 4 saturated heterocycles. The largest absolute Gasteiger partial charge is 0.481 e. The lowest BCUT2D eigenvalue weighted by Crippen LogP contribution is -2.44. The van der Waals surface area contributed by atoms with Crippen LogP contribution in [0.3, 0.4) is 0 Å². The molecule has 7 atom stereocenters. The van der Waals surface area contributed by atoms with Crippen LogP contribution in [0.1, 0.15) is 285 Å². The first-order valence-corrected chi connectivity index (χ1v) is 42.2. The van der Waals surface area contributed by atoms with Crippen molar-refractivity contribution < 1.29 is 67.1 Å². The highest BCUT2D eigenvalue weighted by Crippen LogP contribution is 2.54. The number of nitrogens with one attached hydrogen (secondary N) is 4. The highest BCUT2D eigenvalue weighted by Gasteiger charge is 2.55. The maximum Gasteiger partial charge on any atom is 0.311 e. The number of aryl methyl sites for hydroxylation is 4. The summed E-state index contributed by atoms with van der Waals surface area (Å²) in [6.45, 7) is 29.7. The quantitative estimate of drug-likeness (QED) is 0.0330. The molecule has 13 rings (SSSR count). The number of hydrogen-bond acceptors (Lipinski definition) is 17. The summed E-state index contributed by atoms with van der Waals surface area (Å²) in [5, 5.41) is 46.2. The maximum atomic E-state index is 16.2. The van der Waals surface area contributed by atoms with E-state index in [0.29, 0.717) is 235 Å². The minimum atomic E-state index is -1.28. The van der Waals surface area contributed by atoms with Gasteiger partial charge < -0.3 is 54.8 Å². The maximum absolute atomic E-state index is 16.2. The summed E-state index contributed by atoms with van der Waals surface area (Å²) in [6.07, 6.45) is 13.7. The molecule has 26 nitrogen and oxygen atoms in total. The molecule has 4 spiro atoms. The topological polar surface area (TPSA) is 314 Å². The van der Waals surface area contributed by atoms with Crippen molar-refractivity contribution in [3.63, 3.8) is 0 Å². The van der Waals surface area contributed by atoms with Gasteiger partial charge in [0.2, 0.25) is 0 Å². The zero-order valence-electron chi connectivity index (χ0n) is 67.7. The number of aromatic nitrogens is 8. The zero-order chi connectivity index (χ0) is 78.1. The van der Waals surface area contributed by atoms with Gasteiger partial charge in [0, 0.05) is 104 Å². The van der Waals surface area contributed by atoms with Gasteiger partial charge in [0.25, 0.3) is 23.6 Å². The second kappa shape index (κ2) is 33.6. The number of esters is 2. The van der Waals surface area contributed by atoms with E-state index in [-0.39, 0.29) is 63.7 Å². The minimum Gasteiger partial charge on any atom is -0.481 e. The second-order valence-corrected chi connectivity index (χ2v) is 35.9. The molecule has 0 aromatic carbocycles. The molecule has 1 saturated carbocycles. The van der Waals surface area contributed by atoms with Crippen molar-refractivity contribution in [2.45, 2.75) is 262 Å². The van der Waals surface area contributed by atoms with Gasteiger partial charge in [-0.1, -0.05) is 89.0 Å². The fraction of sp³-hybridized carbons (Fsp3) is 0.774. The average Bonchev–Trinajstić information content (AvgIpc) is 1.56. The second-order valence-electron chi connectivity index (χ2n) is 35.9. The number of fused-ring (bicyclic) bond motifs is 4. The van der Waals surface area contributed by atoms with Gasteiger partial charge in [0.15, 0.2) is 6.23 Å². The van der Waals surface area contributed by atoms with Gasteiger partial charge in [-0.3, -0.25) is 47.6 Å². The van der Waals surface area contributed by atoms with Crippen LogP contribution >= 0.6 is 0 Å². The molecule has 606 valence electrons. The van der Waals surface area contributed by atoms with E-state index >= 15 is 4.79 Å². The normalized spacial score (nSPS) is 22.7. The van der Waals surface area contributed by atoms with Crippen molar-refractivity contribution in [1.29, 1.82) is 0 Å². The van der Waals surface area contributed by atoms with Gasteiger partial charge in [-0.05, 0) is 187 Å². The molecular weight excluding hydrogens is 1400 g/mol. The lowest BCUT2D eigenvalue weighted by atomic mass is 9.64. The summed E-state index contributed by atoms with van der Waals surface area (Å²) in [4.78, 5) is 103. The Labute approximate surface area is 649 Å². The molecule has 4 aromatic rings. The van der Waals surface area contributed by atoms with Crippen molar-refractivity contribution in [2.24, 2.45) is 68.0 Å². The molecule has 110 heavy (non-hydrogen) atoms. The third-order valence-electron chi connectivity index (χ3n) is 27.6. The van der Waals surface area contributed by atoms with Crippen LogP contribution in [0.5, 0.6) is 0 Å². The number of ether oxygens (including phenoxy) is 6. The van der Waals surface area contributed by atoms with Crippen LogP contribution in [0.2, 0.25) is 0 Å². The third-order valence-corrected chi connectivity index (χ3v) is 27.6. The summed E-state index contributed by atoms with van der Waals surface area (Å²) < 4.78 is 45.6. The first kappa shape index (κ1) is 81.0. The number of carboxylic acids is 1. The van der Waals surface area contributed by atoms with Gasteiger partial charge in [-0.25, -0.2) is 4.68 Å². The van der Waals surface area contributed by atoms with Gasteiger partial charge >= 0.3 is 17.9 Å². The van der Waals surface area contributed by atoms with Crippen molar-refractivity contribution in [1.82, 2.24) is 60.4 Å². The average molecular weight is 1530 g/mol. The van der Waals surface area contributed by atoms with E-state index in [1.54, 1.807) is 0 Å². The summed E-state index contributed by atoms with van der Waals surface area (Å²) in [7, 11) is 0. The van der Waals surface area contributed by atoms with Crippen LogP contribution in [0.4, 0.5) is 0 Å². The molecule has 9 aliphatic rings. The molecule has 5 N–H and O–H groups in total. The zero-order valence-corrected chi connectivity index (χ0v) is 67.7. The predicted octanol–water partition coefficient (Wildman–Crippen LogP) is 10.7. The molecule has 0 radical (unpaired) electrons. The lowest BCUT2D eigenvalue weighted by Gasteiger charge is -2.43. The molecule has 8 aliphatic heterocycles. The van der Waals surface area contributed by atoms with E-state index in [1.807, 2.05) is 64.8 Å². The number of carboxylic acid groups (broad SMARTS) is 1. The Morgan fingerprint density at radius 2 is 0.836 bits per heavy atom. The number of carbonyl (C=O) groups excluding carboxylic acids is 6. The monoisotopic (exact) mass is 1530 g/mol. The van der Waals surface area contributed by atoms with Crippen LogP contribution in [0, 0.1) is 68.0 Å². The predicted molar refractivity (Wildman–Crippen MR) is 410 cm³/mol. The molecule has 26 heteroatoms. The van der Waals surface area contributed by atoms with Crippen molar-refractivity contribution >= 4 is 41.5 Å². The van der Waals surface area contributed by atoms with Crippen molar-refractivity contribution in [3.8, 4) is 0 Å². The Balaban J connectivity index is 0.930. The Hall–Kier alpha value is -7.03. The summed E-state index contributed by atoms with van der Waals surface area (Å²) in [5.41, 5.74) is 5.10. The van der Waals surface area contributed by atoms with Gasteiger partial charge in [0.1, 0.15) is 0 Å². The van der Waals surface area contributed by atoms with Gasteiger partial charge in [-0.15, -0.1) is 0 Å². The number of hydrogen-bond donors (Lipinski definition) is 5. The first-order chi connectivity index (χ1) is 52.8. The smallest absolute Gasteiger partial charge is 0.311 e. The minimum absolute atomic E-state index is 0.115. The molecular formula is C84H126N12O14. The number of amides is 4. The molecule has 4 aromatic heterocycles. The SMILES string of the molecule is CCc1nn(C[C@H](C)CC(CC(CC)C(=O)OC[C@H](C)C(n2nc(CC)c3c2CC2(CCOCC2)CNC3=O)C2(C(=O)O)CCCC2)(C[C@@H](C)Cn2nc(CC)c3c2CC2(CCOCC2)CNC3=O)C[C@@H](C)C(OC(=O)C(C)C)n2nc(CC)c3c2CC2(CCOCC2)CNC3=O)c2c1C(=O)NCC1(CCOCC1)C2. The van der Waals surface area contributed by atoms with Gasteiger partial charge in [-0.2, -0.15) is 20.4 Å². The fourth-order valence-corrected chi connectivity index (χ4v) is 21.5. The van der Waals surface area contributed by atoms with E-state index in [0.717, 1.165) is 85.5 Å². The summed E-state index contributed by atoms with van der Waals surface area (Å²) >= 11 is 0. The van der Waals surface area contributed by atoms with Crippen LogP contribution in [-0.4, -0.2) is 171 Å². The Kier molecular flexibility index (Phi) is 24.7. The lowest BCUT2D eigenvalue weighted by molar-refractivity contribution is -0.164. The van der Waals surface area contributed by atoms with Crippen molar-refractivity contribution in [2.75, 3.05) is 85.6 Å². The first-order valence-electron chi connectivity index (χ1n) is 42.2. The highest BCUT2D eigenvalue weighted by molar-refractivity contribution is 5.99. The van der Waals surface area contributed by atoms with E-state index in [1.165, 1.54) is 0 Å². The molecule has 12 heterocycles. The van der Waals surface area contributed by atoms with Crippen LogP contribution in [0.25, 0.3) is 0 Å². The Morgan fingerprint density at radius 1 is 0.473 bits per heavy atom. The van der Waals surface area contributed by atoms with Crippen molar-refractivity contribution in [3.05, 3.63) is 67.8 Å². The van der Waals surface area contributed by atoms with E-state index in [9.17, 15) is 33.9 Å². The molecule has 3 unspecified atom stereocenters. The number of nitrogens with zero attached hydrogens (tertiary/aromatic N) is 8. The third kappa shape index (κ3) is 16.3. The number of carbonyl (C=O) groups is 7. The molecule has 4 amide bonds. The van der Waals surface area contributed by atoms with E-state index in [2.05, 4.69) is 51.4 Å². The van der Waals surface area contributed by atoms with Gasteiger partial charge in [0.05, 0.1) is 97.7 Å². The number of aliphatic carboxylic acids is 1. The van der Waals surface area contributed by atoms with Crippen LogP contribution < -0.4 is 21.3 Å². The van der Waals surface area contributed by atoms with E-state index in [4.69, 9.17) is 48.8 Å². The van der Waals surface area contributed by atoms with Crippen LogP contribution in [-0.2, 0) is 107 Å². The summed E-state index contributed by atoms with van der Waals surface area (Å²) in [6, 6.07) is -0.784. The van der Waals surface area contributed by atoms with E-state index < -0.39 is 64.7 Å². The Morgan fingerprint density at radius 3 is 1.21 bits per heavy atom. The molecule has 1 aliphatic carbocycles. The number of rotatable bonds is 28. The highest BCUT2D eigenvalue weighted by atomic mass is 16.6. The Bertz CT molecular complexity index is 3900.